The molecule has 0 aliphatic heterocycles. The molecule has 0 saturated carbocycles. The molecular weight excluding hydrogens is 334 g/mol. The largest absolute Gasteiger partial charge is 0.354 e. The van der Waals surface area contributed by atoms with Gasteiger partial charge in [-0.25, -0.2) is 0 Å². The summed E-state index contributed by atoms with van der Waals surface area (Å²) in [6, 6.07) is 18.8. The molecule has 0 unspecified atom stereocenters. The number of aryl methyl sites for hydroxylation is 2. The molecule has 3 heteroatoms. The van der Waals surface area contributed by atoms with Crippen molar-refractivity contribution < 1.29 is 9.59 Å². The van der Waals surface area contributed by atoms with Crippen molar-refractivity contribution in [3.05, 3.63) is 94.0 Å². The number of hydrogen-bond acceptors (Lipinski definition) is 3. The highest BCUT2D eigenvalue weighted by atomic mass is 16.1. The van der Waals surface area contributed by atoms with Crippen LogP contribution in [0.2, 0.25) is 0 Å². The Hall–Kier alpha value is -3.20. The predicted octanol–water partition coefficient (Wildman–Crippen LogP) is 5.33. The number of hydrogen-bond donors (Lipinski definition) is 1. The fourth-order valence-corrected chi connectivity index (χ4v) is 3.79. The monoisotopic (exact) mass is 355 g/mol. The van der Waals surface area contributed by atoms with Crippen LogP contribution in [0.15, 0.2) is 60.7 Å². The van der Waals surface area contributed by atoms with Gasteiger partial charge in [-0.3, -0.25) is 9.59 Å². The van der Waals surface area contributed by atoms with Gasteiger partial charge < -0.3 is 5.32 Å². The van der Waals surface area contributed by atoms with E-state index in [1.807, 2.05) is 12.1 Å². The molecule has 0 aromatic heterocycles. The maximum absolute atomic E-state index is 13.2. The molecule has 1 aliphatic carbocycles. The van der Waals surface area contributed by atoms with Gasteiger partial charge in [0, 0.05) is 22.4 Å². The molecular formula is C24H21NO2. The number of carbonyl (C=O) groups is 2. The summed E-state index contributed by atoms with van der Waals surface area (Å²) in [5.74, 6) is -0.196. The highest BCUT2D eigenvalue weighted by Crippen LogP contribution is 2.35. The normalized spacial score (nSPS) is 12.5. The third-order valence-corrected chi connectivity index (χ3v) is 5.21. The van der Waals surface area contributed by atoms with Crippen LogP contribution in [0.5, 0.6) is 0 Å². The third-order valence-electron chi connectivity index (χ3n) is 5.21. The third kappa shape index (κ3) is 2.76. The fraction of sp³-hybridized carbons (Fsp3) is 0.167. The van der Waals surface area contributed by atoms with Gasteiger partial charge >= 0.3 is 0 Å². The highest BCUT2D eigenvalue weighted by molar-refractivity contribution is 6.30. The number of benzene rings is 3. The lowest BCUT2D eigenvalue weighted by Gasteiger charge is -2.22. The number of fused-ring (bicyclic) bond motifs is 2. The van der Waals surface area contributed by atoms with Crippen LogP contribution in [0.3, 0.4) is 0 Å². The van der Waals surface area contributed by atoms with Crippen molar-refractivity contribution in [2.24, 2.45) is 0 Å². The molecule has 3 aromatic carbocycles. The zero-order valence-electron chi connectivity index (χ0n) is 15.5. The van der Waals surface area contributed by atoms with Crippen LogP contribution in [0.4, 0.5) is 11.4 Å². The lowest BCUT2D eigenvalue weighted by molar-refractivity contribution is 0.0979. The molecule has 3 aromatic rings. The van der Waals surface area contributed by atoms with Crippen LogP contribution in [0.1, 0.15) is 56.8 Å². The summed E-state index contributed by atoms with van der Waals surface area (Å²) < 4.78 is 0. The molecule has 0 spiro atoms. The molecule has 0 saturated heterocycles. The first-order valence-electron chi connectivity index (χ1n) is 9.34. The molecule has 134 valence electrons. The van der Waals surface area contributed by atoms with Crippen LogP contribution in [0.25, 0.3) is 0 Å². The maximum Gasteiger partial charge on any atom is 0.196 e. The van der Waals surface area contributed by atoms with Crippen molar-refractivity contribution in [3.63, 3.8) is 0 Å². The topological polar surface area (TPSA) is 46.2 Å². The summed E-state index contributed by atoms with van der Waals surface area (Å²) >= 11 is 0. The van der Waals surface area contributed by atoms with Crippen molar-refractivity contribution in [1.82, 2.24) is 0 Å². The van der Waals surface area contributed by atoms with Gasteiger partial charge in [0.15, 0.2) is 11.6 Å². The lowest BCUT2D eigenvalue weighted by Crippen LogP contribution is -2.22. The fourth-order valence-electron chi connectivity index (χ4n) is 3.79. The van der Waals surface area contributed by atoms with Crippen LogP contribution >= 0.6 is 0 Å². The Balaban J connectivity index is 1.87. The minimum Gasteiger partial charge on any atom is -0.354 e. The van der Waals surface area contributed by atoms with E-state index in [-0.39, 0.29) is 11.6 Å². The first kappa shape index (κ1) is 17.2. The quantitative estimate of drug-likeness (QED) is 0.538. The van der Waals surface area contributed by atoms with E-state index in [1.54, 1.807) is 30.3 Å². The second-order valence-electron chi connectivity index (χ2n) is 6.72. The summed E-state index contributed by atoms with van der Waals surface area (Å²) in [7, 11) is 0. The summed E-state index contributed by atoms with van der Waals surface area (Å²) in [6.45, 7) is 4.23. The van der Waals surface area contributed by atoms with E-state index < -0.39 is 0 Å². The van der Waals surface area contributed by atoms with Gasteiger partial charge in [-0.1, -0.05) is 68.4 Å². The van der Waals surface area contributed by atoms with Gasteiger partial charge in [-0.2, -0.15) is 0 Å². The number of anilines is 2. The Labute approximate surface area is 159 Å². The zero-order chi connectivity index (χ0) is 19.0. The Morgan fingerprint density at radius 3 is 1.85 bits per heavy atom. The Morgan fingerprint density at radius 1 is 0.667 bits per heavy atom. The van der Waals surface area contributed by atoms with E-state index in [9.17, 15) is 9.59 Å². The van der Waals surface area contributed by atoms with Gasteiger partial charge in [-0.05, 0) is 30.0 Å². The second kappa shape index (κ2) is 6.84. The first-order valence-corrected chi connectivity index (χ1v) is 9.34. The minimum atomic E-state index is -0.102. The van der Waals surface area contributed by atoms with Crippen molar-refractivity contribution in [2.75, 3.05) is 5.32 Å². The first-order chi connectivity index (χ1) is 13.2. The smallest absolute Gasteiger partial charge is 0.196 e. The number of carbonyl (C=O) groups excluding carboxylic acids is 2. The Morgan fingerprint density at radius 2 is 1.22 bits per heavy atom. The SMILES string of the molecule is CCc1cccc(CC)c1Nc1cccc2c1C(=O)c1ccccc1C2=O. The van der Waals surface area contributed by atoms with E-state index in [2.05, 4.69) is 37.4 Å². The Bertz CT molecular complexity index is 1040. The van der Waals surface area contributed by atoms with Crippen molar-refractivity contribution in [3.8, 4) is 0 Å². The summed E-state index contributed by atoms with van der Waals surface area (Å²) in [5, 5.41) is 3.48. The highest BCUT2D eigenvalue weighted by Gasteiger charge is 2.31. The van der Waals surface area contributed by atoms with Crippen LogP contribution in [-0.2, 0) is 12.8 Å². The maximum atomic E-state index is 13.2. The van der Waals surface area contributed by atoms with Crippen LogP contribution < -0.4 is 5.32 Å². The number of ketones is 2. The second-order valence-corrected chi connectivity index (χ2v) is 6.72. The molecule has 0 fully saturated rings. The molecule has 27 heavy (non-hydrogen) atoms. The number of nitrogens with one attached hydrogen (secondary N) is 1. The van der Waals surface area contributed by atoms with Crippen molar-refractivity contribution in [1.29, 1.82) is 0 Å². The minimum absolute atomic E-state index is 0.0941. The van der Waals surface area contributed by atoms with Crippen LogP contribution in [0, 0.1) is 0 Å². The van der Waals surface area contributed by atoms with E-state index in [0.29, 0.717) is 27.9 Å². The van der Waals surface area contributed by atoms with E-state index in [4.69, 9.17) is 0 Å². The number of para-hydroxylation sites is 1. The summed E-state index contributed by atoms with van der Waals surface area (Å²) in [5.41, 5.74) is 6.01. The van der Waals surface area contributed by atoms with Gasteiger partial charge in [0.05, 0.1) is 11.3 Å². The molecule has 0 bridgehead atoms. The van der Waals surface area contributed by atoms with E-state index >= 15 is 0 Å². The average molecular weight is 355 g/mol. The molecule has 1 aliphatic rings. The molecule has 4 rings (SSSR count). The summed E-state index contributed by atoms with van der Waals surface area (Å²) in [4.78, 5) is 26.1. The van der Waals surface area contributed by atoms with Gasteiger partial charge in [0.2, 0.25) is 0 Å². The number of rotatable bonds is 4. The molecule has 3 nitrogen and oxygen atoms in total. The molecule has 0 amide bonds. The molecule has 0 atom stereocenters. The molecule has 0 radical (unpaired) electrons. The Kier molecular flexibility index (Phi) is 4.36. The average Bonchev–Trinajstić information content (AvgIpc) is 2.72. The van der Waals surface area contributed by atoms with Gasteiger partial charge in [0.25, 0.3) is 0 Å². The lowest BCUT2D eigenvalue weighted by atomic mass is 9.83. The predicted molar refractivity (Wildman–Crippen MR) is 108 cm³/mol. The molecule has 0 heterocycles. The molecule has 1 N–H and O–H groups in total. The van der Waals surface area contributed by atoms with Gasteiger partial charge in [0.1, 0.15) is 0 Å². The van der Waals surface area contributed by atoms with Gasteiger partial charge in [-0.15, -0.1) is 0 Å². The summed E-state index contributed by atoms with van der Waals surface area (Å²) in [6.07, 6.45) is 1.78. The van der Waals surface area contributed by atoms with Crippen molar-refractivity contribution >= 4 is 22.9 Å². The standard InChI is InChI=1S/C24H21NO2/c1-3-15-9-7-10-16(4-2)22(15)25-20-14-8-13-19-21(20)24(27)18-12-6-5-11-17(18)23(19)26/h5-14,25H,3-4H2,1-2H3. The van der Waals surface area contributed by atoms with E-state index in [1.165, 1.54) is 11.1 Å². The van der Waals surface area contributed by atoms with Crippen molar-refractivity contribution in [2.45, 2.75) is 26.7 Å². The van der Waals surface area contributed by atoms with Crippen LogP contribution in [-0.4, -0.2) is 11.6 Å². The van der Waals surface area contributed by atoms with E-state index in [0.717, 1.165) is 18.5 Å². The zero-order valence-corrected chi connectivity index (χ0v) is 15.5.